The van der Waals surface area contributed by atoms with E-state index in [1.807, 2.05) is 19.1 Å². The van der Waals surface area contributed by atoms with Crippen LogP contribution in [0.25, 0.3) is 0 Å². The van der Waals surface area contributed by atoms with E-state index in [2.05, 4.69) is 5.32 Å². The van der Waals surface area contributed by atoms with E-state index in [0.717, 1.165) is 23.6 Å². The summed E-state index contributed by atoms with van der Waals surface area (Å²) in [5.41, 5.74) is 0. The number of halogens is 2. The molecule has 5 heteroatoms. The lowest BCUT2D eigenvalue weighted by Gasteiger charge is -2.14. The Morgan fingerprint density at radius 3 is 2.47 bits per heavy atom. The number of benzene rings is 1. The molecule has 0 spiro atoms. The van der Waals surface area contributed by atoms with Crippen LogP contribution in [0.2, 0.25) is 10.0 Å². The maximum absolute atomic E-state index is 9.13. The van der Waals surface area contributed by atoms with E-state index in [4.69, 9.17) is 28.3 Å². The van der Waals surface area contributed by atoms with Crippen molar-refractivity contribution in [1.82, 2.24) is 5.32 Å². The molecule has 1 atom stereocenters. The first-order valence-corrected chi connectivity index (χ1v) is 7.33. The third-order valence-electron chi connectivity index (χ3n) is 2.28. The molecule has 96 valence electrons. The standard InChI is InChI=1S/C12H17Cl2NOS/c1-2-15-11(8-16)3-4-17-12-6-9(13)5-10(14)7-12/h5-7,11,15-16H,2-4,8H2,1H3. The van der Waals surface area contributed by atoms with Crippen LogP contribution in [0.5, 0.6) is 0 Å². The zero-order valence-electron chi connectivity index (χ0n) is 9.75. The Balaban J connectivity index is 2.39. The second-order valence-corrected chi connectivity index (χ2v) is 5.72. The first-order chi connectivity index (χ1) is 8.15. The van der Waals surface area contributed by atoms with Crippen molar-refractivity contribution >= 4 is 35.0 Å². The van der Waals surface area contributed by atoms with Gasteiger partial charge >= 0.3 is 0 Å². The summed E-state index contributed by atoms with van der Waals surface area (Å²) in [6.07, 6.45) is 0.916. The molecular weight excluding hydrogens is 277 g/mol. The van der Waals surface area contributed by atoms with Gasteiger partial charge in [-0.1, -0.05) is 30.1 Å². The Morgan fingerprint density at radius 2 is 1.94 bits per heavy atom. The molecule has 0 saturated heterocycles. The van der Waals surface area contributed by atoms with Crippen molar-refractivity contribution in [2.45, 2.75) is 24.3 Å². The van der Waals surface area contributed by atoms with Crippen molar-refractivity contribution in [3.05, 3.63) is 28.2 Å². The third-order valence-corrected chi connectivity index (χ3v) is 3.73. The van der Waals surface area contributed by atoms with Crippen LogP contribution in [0.4, 0.5) is 0 Å². The summed E-state index contributed by atoms with van der Waals surface area (Å²) < 4.78 is 0. The van der Waals surface area contributed by atoms with Gasteiger partial charge in [-0.2, -0.15) is 0 Å². The van der Waals surface area contributed by atoms with E-state index >= 15 is 0 Å². The maximum Gasteiger partial charge on any atom is 0.0584 e. The van der Waals surface area contributed by atoms with Gasteiger partial charge < -0.3 is 10.4 Å². The van der Waals surface area contributed by atoms with Gasteiger partial charge in [0.1, 0.15) is 0 Å². The van der Waals surface area contributed by atoms with Gasteiger partial charge in [0.2, 0.25) is 0 Å². The molecule has 0 amide bonds. The highest BCUT2D eigenvalue weighted by Crippen LogP contribution is 2.27. The molecule has 0 heterocycles. The van der Waals surface area contributed by atoms with Crippen molar-refractivity contribution < 1.29 is 5.11 Å². The highest BCUT2D eigenvalue weighted by atomic mass is 35.5. The van der Waals surface area contributed by atoms with Crippen LogP contribution in [0.15, 0.2) is 23.1 Å². The molecular formula is C12H17Cl2NOS. The Kier molecular flexibility index (Phi) is 7.32. The van der Waals surface area contributed by atoms with Crippen LogP contribution in [-0.2, 0) is 0 Å². The average Bonchev–Trinajstić information content (AvgIpc) is 2.26. The fourth-order valence-electron chi connectivity index (χ4n) is 1.48. The second-order valence-electron chi connectivity index (χ2n) is 3.68. The van der Waals surface area contributed by atoms with Crippen LogP contribution in [0, 0.1) is 0 Å². The number of aliphatic hydroxyl groups excluding tert-OH is 1. The van der Waals surface area contributed by atoms with Crippen LogP contribution in [0.3, 0.4) is 0 Å². The van der Waals surface area contributed by atoms with Crippen molar-refractivity contribution in [1.29, 1.82) is 0 Å². The summed E-state index contributed by atoms with van der Waals surface area (Å²) in [6, 6.07) is 5.70. The Labute approximate surface area is 117 Å². The van der Waals surface area contributed by atoms with Crippen LogP contribution >= 0.6 is 35.0 Å². The summed E-state index contributed by atoms with van der Waals surface area (Å²) in [5, 5.41) is 13.7. The predicted octanol–water partition coefficient (Wildman–Crippen LogP) is 3.45. The molecule has 1 rings (SSSR count). The molecule has 0 aliphatic rings. The first kappa shape index (κ1) is 15.1. The monoisotopic (exact) mass is 293 g/mol. The third kappa shape index (κ3) is 5.98. The molecule has 17 heavy (non-hydrogen) atoms. The molecule has 0 aromatic heterocycles. The summed E-state index contributed by atoms with van der Waals surface area (Å²) in [6.45, 7) is 3.08. The average molecular weight is 294 g/mol. The number of hydrogen-bond acceptors (Lipinski definition) is 3. The predicted molar refractivity (Wildman–Crippen MR) is 76.4 cm³/mol. The SMILES string of the molecule is CCNC(CO)CCSc1cc(Cl)cc(Cl)c1. The number of nitrogens with one attached hydrogen (secondary N) is 1. The lowest BCUT2D eigenvalue weighted by atomic mass is 10.2. The Bertz CT molecular complexity index is 329. The van der Waals surface area contributed by atoms with Gasteiger partial charge in [-0.3, -0.25) is 0 Å². The zero-order chi connectivity index (χ0) is 12.7. The van der Waals surface area contributed by atoms with Crippen molar-refractivity contribution in [2.75, 3.05) is 18.9 Å². The maximum atomic E-state index is 9.13. The lowest BCUT2D eigenvalue weighted by molar-refractivity contribution is 0.242. The molecule has 0 radical (unpaired) electrons. The second kappa shape index (κ2) is 8.22. The fourth-order valence-corrected chi connectivity index (χ4v) is 3.19. The molecule has 0 saturated carbocycles. The molecule has 2 N–H and O–H groups in total. The van der Waals surface area contributed by atoms with Gasteiger partial charge in [-0.15, -0.1) is 11.8 Å². The molecule has 2 nitrogen and oxygen atoms in total. The summed E-state index contributed by atoms with van der Waals surface area (Å²) in [4.78, 5) is 1.07. The number of rotatable bonds is 7. The largest absolute Gasteiger partial charge is 0.395 e. The summed E-state index contributed by atoms with van der Waals surface area (Å²) >= 11 is 13.5. The van der Waals surface area contributed by atoms with Crippen LogP contribution in [0.1, 0.15) is 13.3 Å². The topological polar surface area (TPSA) is 32.3 Å². The van der Waals surface area contributed by atoms with Gasteiger partial charge in [-0.05, 0) is 36.9 Å². The quantitative estimate of drug-likeness (QED) is 0.756. The molecule has 0 bridgehead atoms. The van der Waals surface area contributed by atoms with E-state index < -0.39 is 0 Å². The molecule has 1 aromatic rings. The zero-order valence-corrected chi connectivity index (χ0v) is 12.1. The van der Waals surface area contributed by atoms with Crippen molar-refractivity contribution in [2.24, 2.45) is 0 Å². The van der Waals surface area contributed by atoms with E-state index in [1.165, 1.54) is 0 Å². The molecule has 0 fully saturated rings. The van der Waals surface area contributed by atoms with E-state index in [9.17, 15) is 0 Å². The highest BCUT2D eigenvalue weighted by Gasteiger charge is 2.06. The number of aliphatic hydroxyl groups is 1. The summed E-state index contributed by atoms with van der Waals surface area (Å²) in [5.74, 6) is 0.925. The number of hydrogen-bond donors (Lipinski definition) is 2. The number of thioether (sulfide) groups is 1. The first-order valence-electron chi connectivity index (χ1n) is 5.58. The smallest absolute Gasteiger partial charge is 0.0584 e. The molecule has 0 aliphatic carbocycles. The van der Waals surface area contributed by atoms with Crippen LogP contribution in [-0.4, -0.2) is 30.1 Å². The van der Waals surface area contributed by atoms with Crippen molar-refractivity contribution in [3.63, 3.8) is 0 Å². The lowest BCUT2D eigenvalue weighted by Crippen LogP contribution is -2.32. The van der Waals surface area contributed by atoms with E-state index in [1.54, 1.807) is 17.8 Å². The minimum Gasteiger partial charge on any atom is -0.395 e. The van der Waals surface area contributed by atoms with E-state index in [0.29, 0.717) is 10.0 Å². The highest BCUT2D eigenvalue weighted by molar-refractivity contribution is 7.99. The van der Waals surface area contributed by atoms with Gasteiger partial charge in [0.15, 0.2) is 0 Å². The normalized spacial score (nSPS) is 12.7. The Hall–Kier alpha value is 0.0700. The van der Waals surface area contributed by atoms with Crippen molar-refractivity contribution in [3.8, 4) is 0 Å². The Morgan fingerprint density at radius 1 is 1.29 bits per heavy atom. The number of likely N-dealkylation sites (N-methyl/N-ethyl adjacent to an activating group) is 1. The molecule has 1 aromatic carbocycles. The molecule has 0 aliphatic heterocycles. The minimum absolute atomic E-state index is 0.169. The molecule has 1 unspecified atom stereocenters. The minimum atomic E-state index is 0.169. The van der Waals surface area contributed by atoms with Gasteiger partial charge in [0.05, 0.1) is 6.61 Å². The van der Waals surface area contributed by atoms with Crippen LogP contribution < -0.4 is 5.32 Å². The van der Waals surface area contributed by atoms with Gasteiger partial charge in [0.25, 0.3) is 0 Å². The summed E-state index contributed by atoms with van der Waals surface area (Å²) in [7, 11) is 0. The van der Waals surface area contributed by atoms with Gasteiger partial charge in [0, 0.05) is 21.0 Å². The van der Waals surface area contributed by atoms with E-state index in [-0.39, 0.29) is 12.6 Å². The fraction of sp³-hybridized carbons (Fsp3) is 0.500. The van der Waals surface area contributed by atoms with Gasteiger partial charge in [-0.25, -0.2) is 0 Å².